The second kappa shape index (κ2) is 11.6. The highest BCUT2D eigenvalue weighted by molar-refractivity contribution is 7.89. The summed E-state index contributed by atoms with van der Waals surface area (Å²) in [6, 6.07) is 8.04. The average molecular weight is 521 g/mol. The maximum Gasteiger partial charge on any atom is 0.409 e. The largest absolute Gasteiger partial charge is 0.493 e. The van der Waals surface area contributed by atoms with Crippen LogP contribution in [0, 0.1) is 19.8 Å². The molecule has 3 heterocycles. The Labute approximate surface area is 213 Å². The maximum absolute atomic E-state index is 13.1. The van der Waals surface area contributed by atoms with Gasteiger partial charge >= 0.3 is 6.09 Å². The van der Waals surface area contributed by atoms with Gasteiger partial charge < -0.3 is 18.9 Å². The predicted molar refractivity (Wildman–Crippen MR) is 133 cm³/mol. The molecule has 1 amide bonds. The van der Waals surface area contributed by atoms with Crippen LogP contribution in [-0.4, -0.2) is 86.3 Å². The van der Waals surface area contributed by atoms with Crippen molar-refractivity contribution >= 4 is 16.1 Å². The third-order valence-corrected chi connectivity index (χ3v) is 8.87. The van der Waals surface area contributed by atoms with Gasteiger partial charge in [-0.2, -0.15) is 4.31 Å². The van der Waals surface area contributed by atoms with E-state index in [4.69, 9.17) is 14.0 Å². The maximum atomic E-state index is 13.1. The number of aromatic nitrogens is 1. The van der Waals surface area contributed by atoms with Gasteiger partial charge in [0.25, 0.3) is 0 Å². The average Bonchev–Trinajstić information content (AvgIpc) is 3.23. The van der Waals surface area contributed by atoms with Gasteiger partial charge in [-0.1, -0.05) is 17.3 Å². The zero-order valence-corrected chi connectivity index (χ0v) is 22.1. The first-order chi connectivity index (χ1) is 17.3. The summed E-state index contributed by atoms with van der Waals surface area (Å²) in [7, 11) is -3.64. The molecular formula is C25H36N4O6S. The van der Waals surface area contributed by atoms with Crippen LogP contribution in [0.5, 0.6) is 5.75 Å². The Bertz CT molecular complexity index is 1110. The summed E-state index contributed by atoms with van der Waals surface area (Å²) in [6.07, 6.45) is 1.48. The van der Waals surface area contributed by atoms with Gasteiger partial charge in [0.1, 0.15) is 16.3 Å². The predicted octanol–water partition coefficient (Wildman–Crippen LogP) is 3.05. The van der Waals surface area contributed by atoms with E-state index in [9.17, 15) is 13.2 Å². The number of hydrogen-bond acceptors (Lipinski definition) is 8. The van der Waals surface area contributed by atoms with Crippen molar-refractivity contribution in [3.05, 3.63) is 41.3 Å². The molecule has 11 heteroatoms. The fourth-order valence-corrected chi connectivity index (χ4v) is 6.67. The number of rotatable bonds is 8. The van der Waals surface area contributed by atoms with Crippen LogP contribution >= 0.6 is 0 Å². The van der Waals surface area contributed by atoms with Crippen molar-refractivity contribution in [1.29, 1.82) is 0 Å². The standard InChI is InChI=1S/C25H36N4O6S/c1-4-33-25(30)28-14-12-27(13-15-28)16-21-7-9-23(10-8-21)34-18-22-6-5-11-29(17-22)36(31,32)24-19(2)26-35-20(24)3/h7-10,22H,4-6,11-18H2,1-3H3/t22-/m0/s1. The number of nitrogens with zero attached hydrogens (tertiary/aromatic N) is 4. The number of carbonyl (C=O) groups excluding carboxylic acids is 1. The molecule has 0 bridgehead atoms. The van der Waals surface area contributed by atoms with Crippen LogP contribution in [0.3, 0.4) is 0 Å². The van der Waals surface area contributed by atoms with Crippen LogP contribution in [-0.2, 0) is 21.3 Å². The van der Waals surface area contributed by atoms with E-state index >= 15 is 0 Å². The molecule has 0 saturated carbocycles. The Kier molecular flexibility index (Phi) is 8.53. The van der Waals surface area contributed by atoms with E-state index in [1.807, 2.05) is 19.1 Å². The highest BCUT2D eigenvalue weighted by Gasteiger charge is 2.34. The SMILES string of the molecule is CCOC(=O)N1CCN(Cc2ccc(OC[C@H]3CCCN(S(=O)(=O)c4c(C)noc4C)C3)cc2)CC1. The molecule has 2 saturated heterocycles. The molecule has 0 N–H and O–H groups in total. The second-order valence-electron chi connectivity index (χ2n) is 9.44. The molecule has 36 heavy (non-hydrogen) atoms. The summed E-state index contributed by atoms with van der Waals surface area (Å²) >= 11 is 0. The van der Waals surface area contributed by atoms with E-state index in [0.717, 1.165) is 38.2 Å². The van der Waals surface area contributed by atoms with Gasteiger partial charge in [-0.3, -0.25) is 4.90 Å². The number of benzene rings is 1. The number of sulfonamides is 1. The molecule has 2 aromatic rings. The Morgan fingerprint density at radius 3 is 2.47 bits per heavy atom. The Morgan fingerprint density at radius 2 is 1.83 bits per heavy atom. The summed E-state index contributed by atoms with van der Waals surface area (Å²) in [5.41, 5.74) is 1.58. The van der Waals surface area contributed by atoms with E-state index in [1.54, 1.807) is 18.7 Å². The van der Waals surface area contributed by atoms with E-state index in [2.05, 4.69) is 22.2 Å². The molecule has 2 aliphatic rings. The first kappa shape index (κ1) is 26.4. The second-order valence-corrected chi connectivity index (χ2v) is 11.3. The smallest absolute Gasteiger partial charge is 0.409 e. The number of ether oxygens (including phenoxy) is 2. The third kappa shape index (κ3) is 6.19. The fraction of sp³-hybridized carbons (Fsp3) is 0.600. The van der Waals surface area contributed by atoms with Crippen LogP contribution in [0.2, 0.25) is 0 Å². The summed E-state index contributed by atoms with van der Waals surface area (Å²) in [4.78, 5) is 16.1. The van der Waals surface area contributed by atoms with Gasteiger partial charge in [0.2, 0.25) is 10.0 Å². The molecule has 1 atom stereocenters. The van der Waals surface area contributed by atoms with E-state index in [0.29, 0.717) is 50.8 Å². The molecule has 1 aromatic heterocycles. The van der Waals surface area contributed by atoms with Crippen LogP contribution in [0.4, 0.5) is 4.79 Å². The van der Waals surface area contributed by atoms with E-state index < -0.39 is 10.0 Å². The highest BCUT2D eigenvalue weighted by Crippen LogP contribution is 2.28. The van der Waals surface area contributed by atoms with Crippen molar-refractivity contribution in [2.45, 2.75) is 45.1 Å². The van der Waals surface area contributed by atoms with Crippen molar-refractivity contribution in [3.63, 3.8) is 0 Å². The zero-order valence-electron chi connectivity index (χ0n) is 21.3. The van der Waals surface area contributed by atoms with Crippen molar-refractivity contribution in [2.75, 3.05) is 52.5 Å². The lowest BCUT2D eigenvalue weighted by Crippen LogP contribution is -2.48. The first-order valence-electron chi connectivity index (χ1n) is 12.6. The molecule has 0 unspecified atom stereocenters. The quantitative estimate of drug-likeness (QED) is 0.523. The molecule has 198 valence electrons. The first-order valence-corrected chi connectivity index (χ1v) is 14.0. The molecular weight excluding hydrogens is 484 g/mol. The molecule has 10 nitrogen and oxygen atoms in total. The minimum Gasteiger partial charge on any atom is -0.493 e. The number of aryl methyl sites for hydroxylation is 2. The lowest BCUT2D eigenvalue weighted by molar-refractivity contribution is 0.0778. The van der Waals surface area contributed by atoms with Crippen LogP contribution < -0.4 is 4.74 Å². The van der Waals surface area contributed by atoms with Gasteiger partial charge in [-0.15, -0.1) is 0 Å². The molecule has 2 aliphatic heterocycles. The highest BCUT2D eigenvalue weighted by atomic mass is 32.2. The molecule has 0 radical (unpaired) electrons. The van der Waals surface area contributed by atoms with Gasteiger partial charge in [0.15, 0.2) is 5.76 Å². The van der Waals surface area contributed by atoms with Crippen LogP contribution in [0.25, 0.3) is 0 Å². The normalized spacial score (nSPS) is 19.9. The third-order valence-electron chi connectivity index (χ3n) is 6.76. The summed E-state index contributed by atoms with van der Waals surface area (Å²) in [5.74, 6) is 1.22. The van der Waals surface area contributed by atoms with Gasteiger partial charge in [0.05, 0.1) is 13.2 Å². The van der Waals surface area contributed by atoms with Gasteiger partial charge in [0, 0.05) is 51.7 Å². The van der Waals surface area contributed by atoms with Crippen molar-refractivity contribution in [2.24, 2.45) is 5.92 Å². The number of piperidine rings is 1. The van der Waals surface area contributed by atoms with Crippen molar-refractivity contribution < 1.29 is 27.2 Å². The van der Waals surface area contributed by atoms with Crippen molar-refractivity contribution in [3.8, 4) is 5.75 Å². The van der Waals surface area contributed by atoms with Crippen LogP contribution in [0.15, 0.2) is 33.7 Å². The number of carbonyl (C=O) groups is 1. The molecule has 2 fully saturated rings. The summed E-state index contributed by atoms with van der Waals surface area (Å²) in [5, 5.41) is 3.80. The number of piperazine rings is 1. The lowest BCUT2D eigenvalue weighted by atomic mass is 10.0. The molecule has 1 aromatic carbocycles. The fourth-order valence-electron chi connectivity index (χ4n) is 4.82. The number of amides is 1. The minimum atomic E-state index is -3.64. The summed E-state index contributed by atoms with van der Waals surface area (Å²) in [6.45, 7) is 10.6. The van der Waals surface area contributed by atoms with E-state index in [1.165, 1.54) is 9.87 Å². The lowest BCUT2D eigenvalue weighted by Gasteiger charge is -2.34. The Balaban J connectivity index is 1.25. The topological polar surface area (TPSA) is 105 Å². The molecule has 4 rings (SSSR count). The van der Waals surface area contributed by atoms with E-state index in [-0.39, 0.29) is 16.9 Å². The minimum absolute atomic E-state index is 0.115. The van der Waals surface area contributed by atoms with Gasteiger partial charge in [-0.25, -0.2) is 13.2 Å². The number of hydrogen-bond donors (Lipinski definition) is 0. The van der Waals surface area contributed by atoms with Crippen molar-refractivity contribution in [1.82, 2.24) is 19.3 Å². The molecule has 0 aliphatic carbocycles. The Morgan fingerprint density at radius 1 is 1.11 bits per heavy atom. The monoisotopic (exact) mass is 520 g/mol. The molecule has 0 spiro atoms. The van der Waals surface area contributed by atoms with Crippen LogP contribution in [0.1, 0.15) is 36.8 Å². The summed E-state index contributed by atoms with van der Waals surface area (Å²) < 4.78 is 44.0. The van der Waals surface area contributed by atoms with Gasteiger partial charge in [-0.05, 0) is 51.3 Å². The zero-order chi connectivity index (χ0) is 25.7. The Hall–Kier alpha value is -2.63.